The van der Waals surface area contributed by atoms with Gasteiger partial charge in [0.25, 0.3) is 0 Å². The first-order valence-corrected chi connectivity index (χ1v) is 6.00. The first-order valence-electron chi connectivity index (χ1n) is 6.00. The van der Waals surface area contributed by atoms with E-state index in [0.717, 1.165) is 18.8 Å². The quantitative estimate of drug-likeness (QED) is 0.819. The van der Waals surface area contributed by atoms with Crippen molar-refractivity contribution in [2.45, 2.75) is 44.6 Å². The van der Waals surface area contributed by atoms with Crippen LogP contribution < -0.4 is 5.73 Å². The lowest BCUT2D eigenvalue weighted by molar-refractivity contribution is 0.407. The van der Waals surface area contributed by atoms with Crippen LogP contribution in [0.3, 0.4) is 0 Å². The van der Waals surface area contributed by atoms with E-state index in [9.17, 15) is 0 Å². The van der Waals surface area contributed by atoms with E-state index >= 15 is 0 Å². The Kier molecular flexibility index (Phi) is 3.41. The molecule has 0 aromatic carbocycles. The summed E-state index contributed by atoms with van der Waals surface area (Å²) < 4.78 is 1.95. The van der Waals surface area contributed by atoms with E-state index in [2.05, 4.69) is 11.2 Å². The molecule has 1 heterocycles. The van der Waals surface area contributed by atoms with Gasteiger partial charge >= 0.3 is 0 Å². The van der Waals surface area contributed by atoms with Crippen LogP contribution in [0, 0.1) is 5.92 Å². The first-order chi connectivity index (χ1) is 7.27. The number of nitrogens with two attached hydrogens (primary N) is 1. The highest BCUT2D eigenvalue weighted by Gasteiger charge is 2.21. The molecule has 2 rings (SSSR count). The number of aromatic nitrogens is 2. The Hall–Kier alpha value is -0.830. The van der Waals surface area contributed by atoms with Crippen molar-refractivity contribution in [3.05, 3.63) is 18.0 Å². The Labute approximate surface area is 91.7 Å². The van der Waals surface area contributed by atoms with E-state index in [-0.39, 0.29) is 0 Å². The lowest BCUT2D eigenvalue weighted by Crippen LogP contribution is -2.29. The molecule has 1 atom stereocenters. The fourth-order valence-electron chi connectivity index (χ4n) is 2.58. The van der Waals surface area contributed by atoms with Crippen LogP contribution in [0.2, 0.25) is 0 Å². The van der Waals surface area contributed by atoms with Gasteiger partial charge in [0.05, 0.1) is 0 Å². The van der Waals surface area contributed by atoms with Gasteiger partial charge in [0.15, 0.2) is 0 Å². The summed E-state index contributed by atoms with van der Waals surface area (Å²) >= 11 is 0. The van der Waals surface area contributed by atoms with Gasteiger partial charge in [-0.25, -0.2) is 0 Å². The molecule has 1 fully saturated rings. The Morgan fingerprint density at radius 3 is 2.87 bits per heavy atom. The fourth-order valence-corrected chi connectivity index (χ4v) is 2.58. The predicted molar refractivity (Wildman–Crippen MR) is 61.5 cm³/mol. The molecule has 84 valence electrons. The molecule has 0 amide bonds. The van der Waals surface area contributed by atoms with Crippen LogP contribution in [0.4, 0.5) is 0 Å². The normalized spacial score (nSPS) is 19.6. The molecule has 0 saturated heterocycles. The molecule has 0 aliphatic heterocycles. The number of rotatable bonds is 4. The summed E-state index contributed by atoms with van der Waals surface area (Å²) in [6, 6.07) is 2.48. The van der Waals surface area contributed by atoms with Gasteiger partial charge < -0.3 is 5.73 Å². The number of nitrogens with zero attached hydrogens (tertiary/aromatic N) is 2. The molecular weight excluding hydrogens is 186 g/mol. The molecule has 3 nitrogen and oxygen atoms in total. The molecule has 15 heavy (non-hydrogen) atoms. The molecule has 1 aliphatic carbocycles. The minimum atomic E-state index is 0.391. The number of hydrogen-bond donors (Lipinski definition) is 1. The summed E-state index contributed by atoms with van der Waals surface area (Å²) in [5.74, 6) is 0.776. The van der Waals surface area contributed by atoms with Crippen LogP contribution in [-0.4, -0.2) is 15.8 Å². The Bertz CT molecular complexity index is 300. The smallest absolute Gasteiger partial charge is 0.0492 e. The third kappa shape index (κ3) is 2.59. The molecular formula is C12H21N3. The van der Waals surface area contributed by atoms with Crippen LogP contribution in [0.25, 0.3) is 0 Å². The average molecular weight is 207 g/mol. The molecule has 1 saturated carbocycles. The summed E-state index contributed by atoms with van der Waals surface area (Å²) in [5, 5.41) is 4.17. The zero-order chi connectivity index (χ0) is 10.7. The maximum Gasteiger partial charge on any atom is 0.0492 e. The van der Waals surface area contributed by atoms with Gasteiger partial charge in [-0.1, -0.05) is 12.8 Å². The van der Waals surface area contributed by atoms with Crippen molar-refractivity contribution in [3.8, 4) is 0 Å². The Balaban J connectivity index is 1.80. The van der Waals surface area contributed by atoms with Crippen molar-refractivity contribution in [1.29, 1.82) is 0 Å². The second-order valence-corrected chi connectivity index (χ2v) is 4.69. The maximum absolute atomic E-state index is 6.22. The molecule has 3 heteroatoms. The molecule has 0 radical (unpaired) electrons. The van der Waals surface area contributed by atoms with Gasteiger partial charge in [-0.2, -0.15) is 5.10 Å². The standard InChI is InChI=1S/C12H21N3/c1-15-11(8-9-14-15)6-7-12(13)10-4-2-3-5-10/h8-10,12H,2-7,13H2,1H3. The van der Waals surface area contributed by atoms with E-state index in [1.54, 1.807) is 0 Å². The summed E-state index contributed by atoms with van der Waals surface area (Å²) in [6.07, 6.45) is 9.46. The zero-order valence-corrected chi connectivity index (χ0v) is 9.52. The van der Waals surface area contributed by atoms with Crippen LogP contribution >= 0.6 is 0 Å². The molecule has 0 spiro atoms. The van der Waals surface area contributed by atoms with E-state index in [4.69, 9.17) is 5.73 Å². The van der Waals surface area contributed by atoms with Crippen LogP contribution in [-0.2, 0) is 13.5 Å². The topological polar surface area (TPSA) is 43.8 Å². The van der Waals surface area contributed by atoms with Gasteiger partial charge in [0.1, 0.15) is 0 Å². The monoisotopic (exact) mass is 207 g/mol. The SMILES string of the molecule is Cn1nccc1CCC(N)C1CCCC1. The highest BCUT2D eigenvalue weighted by atomic mass is 15.2. The minimum Gasteiger partial charge on any atom is -0.327 e. The second-order valence-electron chi connectivity index (χ2n) is 4.69. The van der Waals surface area contributed by atoms with Gasteiger partial charge in [-0.15, -0.1) is 0 Å². The maximum atomic E-state index is 6.22. The second kappa shape index (κ2) is 4.79. The summed E-state index contributed by atoms with van der Waals surface area (Å²) in [5.41, 5.74) is 7.51. The largest absolute Gasteiger partial charge is 0.327 e. The Morgan fingerprint density at radius 1 is 1.53 bits per heavy atom. The van der Waals surface area contributed by atoms with Crippen molar-refractivity contribution in [2.75, 3.05) is 0 Å². The van der Waals surface area contributed by atoms with Gasteiger partial charge in [-0.05, 0) is 37.7 Å². The van der Waals surface area contributed by atoms with Crippen LogP contribution in [0.15, 0.2) is 12.3 Å². The Morgan fingerprint density at radius 2 is 2.27 bits per heavy atom. The molecule has 1 aliphatic rings. The minimum absolute atomic E-state index is 0.391. The molecule has 2 N–H and O–H groups in total. The van der Waals surface area contributed by atoms with Gasteiger partial charge in [0.2, 0.25) is 0 Å². The summed E-state index contributed by atoms with van der Waals surface area (Å²) in [7, 11) is 2.00. The highest BCUT2D eigenvalue weighted by Crippen LogP contribution is 2.28. The number of aryl methyl sites for hydroxylation is 2. The zero-order valence-electron chi connectivity index (χ0n) is 9.52. The lowest BCUT2D eigenvalue weighted by Gasteiger charge is -2.18. The molecule has 1 unspecified atom stereocenters. The molecule has 0 bridgehead atoms. The fraction of sp³-hybridized carbons (Fsp3) is 0.750. The molecule has 1 aromatic rings. The van der Waals surface area contributed by atoms with Gasteiger partial charge in [-0.3, -0.25) is 4.68 Å². The van der Waals surface area contributed by atoms with Crippen molar-refractivity contribution >= 4 is 0 Å². The van der Waals surface area contributed by atoms with Crippen molar-refractivity contribution in [2.24, 2.45) is 18.7 Å². The lowest BCUT2D eigenvalue weighted by atomic mass is 9.94. The van der Waals surface area contributed by atoms with Gasteiger partial charge in [0, 0.05) is 25.0 Å². The van der Waals surface area contributed by atoms with E-state index in [1.807, 2.05) is 17.9 Å². The van der Waals surface area contributed by atoms with E-state index < -0.39 is 0 Å². The third-order valence-electron chi connectivity index (χ3n) is 3.66. The van der Waals surface area contributed by atoms with E-state index in [1.165, 1.54) is 31.4 Å². The highest BCUT2D eigenvalue weighted by molar-refractivity contribution is 5.00. The number of hydrogen-bond acceptors (Lipinski definition) is 2. The average Bonchev–Trinajstić information content (AvgIpc) is 2.85. The first kappa shape index (κ1) is 10.7. The van der Waals surface area contributed by atoms with Crippen LogP contribution in [0.1, 0.15) is 37.8 Å². The van der Waals surface area contributed by atoms with Crippen molar-refractivity contribution in [1.82, 2.24) is 9.78 Å². The predicted octanol–water partition coefficient (Wildman–Crippen LogP) is 1.87. The van der Waals surface area contributed by atoms with Crippen molar-refractivity contribution < 1.29 is 0 Å². The summed E-state index contributed by atoms with van der Waals surface area (Å²) in [4.78, 5) is 0. The third-order valence-corrected chi connectivity index (χ3v) is 3.66. The van der Waals surface area contributed by atoms with Crippen molar-refractivity contribution in [3.63, 3.8) is 0 Å². The molecule has 1 aromatic heterocycles. The van der Waals surface area contributed by atoms with E-state index in [0.29, 0.717) is 6.04 Å². The van der Waals surface area contributed by atoms with Crippen LogP contribution in [0.5, 0.6) is 0 Å². The summed E-state index contributed by atoms with van der Waals surface area (Å²) in [6.45, 7) is 0.